The number of aromatic nitrogens is 2. The minimum absolute atomic E-state index is 0.178. The molecule has 1 aliphatic carbocycles. The second-order valence-corrected chi connectivity index (χ2v) is 7.20. The van der Waals surface area contributed by atoms with Crippen molar-refractivity contribution in [3.8, 4) is 5.88 Å². The third-order valence-electron chi connectivity index (χ3n) is 5.25. The molecule has 2 heterocycles. The molecule has 0 radical (unpaired) electrons. The van der Waals surface area contributed by atoms with Crippen LogP contribution in [0.2, 0.25) is 0 Å². The van der Waals surface area contributed by atoms with E-state index in [1.54, 1.807) is 10.8 Å². The molecule has 1 aromatic heterocycles. The summed E-state index contributed by atoms with van der Waals surface area (Å²) in [5, 5.41) is 23.8. The number of rotatable bonds is 3. The van der Waals surface area contributed by atoms with Gasteiger partial charge in [-0.05, 0) is 36.3 Å². The number of aromatic hydroxyl groups is 1. The van der Waals surface area contributed by atoms with Crippen LogP contribution in [0.25, 0.3) is 6.08 Å². The van der Waals surface area contributed by atoms with Crippen molar-refractivity contribution in [2.24, 2.45) is 17.3 Å². The Kier molecular flexibility index (Phi) is 4.73. The van der Waals surface area contributed by atoms with E-state index in [4.69, 9.17) is 0 Å². The number of nitrogens with one attached hydrogen (secondary N) is 1. The monoisotopic (exact) mass is 351 g/mol. The fourth-order valence-corrected chi connectivity index (χ4v) is 3.69. The van der Waals surface area contributed by atoms with Crippen LogP contribution in [0.3, 0.4) is 0 Å². The molecule has 4 rings (SSSR count). The topological polar surface area (TPSA) is 74.8 Å². The largest absolute Gasteiger partial charge is 0.493 e. The van der Waals surface area contributed by atoms with Gasteiger partial charge in [-0.25, -0.2) is 4.98 Å². The van der Waals surface area contributed by atoms with Gasteiger partial charge in [0.25, 0.3) is 0 Å². The molecule has 1 saturated carbocycles. The summed E-state index contributed by atoms with van der Waals surface area (Å²) in [6, 6.07) is 6.33. The molecule has 2 aliphatic rings. The molecule has 0 unspecified atom stereocenters. The quantitative estimate of drug-likeness (QED) is 0.892. The van der Waals surface area contributed by atoms with Crippen LogP contribution < -0.4 is 15.9 Å². The molecule has 2 N–H and O–H groups in total. The van der Waals surface area contributed by atoms with Crippen molar-refractivity contribution in [1.29, 1.82) is 0 Å². The number of imidazole rings is 1. The van der Waals surface area contributed by atoms with Gasteiger partial charge in [0.1, 0.15) is 5.69 Å². The summed E-state index contributed by atoms with van der Waals surface area (Å²) in [5.41, 5.74) is 1.56. The Balaban J connectivity index is 1.58. The summed E-state index contributed by atoms with van der Waals surface area (Å²) < 4.78 is 1.73. The number of fused-ring (bicyclic) bond motifs is 1. The van der Waals surface area contributed by atoms with Gasteiger partial charge in [0.15, 0.2) is 0 Å². The highest BCUT2D eigenvalue weighted by Crippen LogP contribution is 2.25. The van der Waals surface area contributed by atoms with Gasteiger partial charge >= 0.3 is 0 Å². The minimum Gasteiger partial charge on any atom is -0.493 e. The van der Waals surface area contributed by atoms with Crippen LogP contribution >= 0.6 is 0 Å². The van der Waals surface area contributed by atoms with E-state index in [1.165, 1.54) is 44.9 Å². The summed E-state index contributed by atoms with van der Waals surface area (Å²) in [6.07, 6.45) is 12.5. The summed E-state index contributed by atoms with van der Waals surface area (Å²) >= 11 is 0. The van der Waals surface area contributed by atoms with Crippen LogP contribution in [0.4, 0.5) is 5.95 Å². The average Bonchev–Trinajstić information content (AvgIpc) is 3.17. The van der Waals surface area contributed by atoms with Crippen LogP contribution in [0, 0.1) is 0 Å². The van der Waals surface area contributed by atoms with E-state index < -0.39 is 0 Å². The van der Waals surface area contributed by atoms with Crippen molar-refractivity contribution >= 4 is 18.2 Å². The van der Waals surface area contributed by atoms with E-state index in [2.05, 4.69) is 20.5 Å². The first-order valence-electron chi connectivity index (χ1n) is 9.46. The molecule has 1 aliphatic heterocycles. The Hall–Kier alpha value is -2.63. The van der Waals surface area contributed by atoms with Gasteiger partial charge < -0.3 is 10.4 Å². The lowest BCUT2D eigenvalue weighted by molar-refractivity contribution is 0.430. The summed E-state index contributed by atoms with van der Waals surface area (Å²) in [6.45, 7) is 0. The normalized spacial score (nSPS) is 18.3. The SMILES string of the molecule is Cn1c(NC2CCCCCCC2)nc(/C=c2\ccc3c(c2)C=NN=3)c1O. The number of anilines is 1. The first-order valence-corrected chi connectivity index (χ1v) is 9.46. The van der Waals surface area contributed by atoms with Gasteiger partial charge in [0.05, 0.1) is 11.6 Å². The van der Waals surface area contributed by atoms with E-state index in [1.807, 2.05) is 31.3 Å². The number of benzene rings is 1. The molecule has 6 heteroatoms. The second kappa shape index (κ2) is 7.32. The first kappa shape index (κ1) is 16.8. The minimum atomic E-state index is 0.178. The zero-order valence-corrected chi connectivity index (χ0v) is 15.1. The van der Waals surface area contributed by atoms with E-state index >= 15 is 0 Å². The van der Waals surface area contributed by atoms with E-state index in [9.17, 15) is 5.11 Å². The van der Waals surface area contributed by atoms with Gasteiger partial charge in [-0.1, -0.05) is 38.2 Å². The predicted octanol–water partition coefficient (Wildman–Crippen LogP) is 2.45. The summed E-state index contributed by atoms with van der Waals surface area (Å²) in [7, 11) is 1.85. The van der Waals surface area contributed by atoms with Gasteiger partial charge in [0, 0.05) is 18.7 Å². The van der Waals surface area contributed by atoms with Crippen molar-refractivity contribution in [1.82, 2.24) is 9.55 Å². The molecular weight excluding hydrogens is 326 g/mol. The van der Waals surface area contributed by atoms with Crippen LogP contribution in [-0.4, -0.2) is 26.9 Å². The van der Waals surface area contributed by atoms with E-state index in [-0.39, 0.29) is 5.88 Å². The Bertz CT molecular complexity index is 936. The van der Waals surface area contributed by atoms with Gasteiger partial charge in [0.2, 0.25) is 11.8 Å². The molecular formula is C20H25N5O. The highest BCUT2D eigenvalue weighted by molar-refractivity contribution is 5.80. The van der Waals surface area contributed by atoms with Crippen LogP contribution in [-0.2, 0) is 7.05 Å². The number of hydrogen-bond acceptors (Lipinski definition) is 5. The second-order valence-electron chi connectivity index (χ2n) is 7.20. The first-order chi connectivity index (χ1) is 12.7. The standard InChI is InChI=1S/C20H25N5O/c1-25-19(26)18(12-14-9-10-17-15(11-14)13-21-24-17)23-20(25)22-16-7-5-3-2-4-6-8-16/h9-13,16,26H,2-8H2,1H3,(H,22,23)/b14-12+. The highest BCUT2D eigenvalue weighted by atomic mass is 16.3. The molecule has 0 saturated heterocycles. The summed E-state index contributed by atoms with van der Waals surface area (Å²) in [5.74, 6) is 0.911. The Morgan fingerprint density at radius 3 is 2.73 bits per heavy atom. The number of hydrogen-bond donors (Lipinski definition) is 2. The molecule has 6 nitrogen and oxygen atoms in total. The van der Waals surface area contributed by atoms with Crippen molar-refractivity contribution in [2.45, 2.75) is 51.0 Å². The zero-order valence-electron chi connectivity index (χ0n) is 15.1. The molecule has 26 heavy (non-hydrogen) atoms. The average molecular weight is 351 g/mol. The van der Waals surface area contributed by atoms with Gasteiger partial charge in [-0.3, -0.25) is 4.57 Å². The van der Waals surface area contributed by atoms with E-state index in [0.29, 0.717) is 11.7 Å². The predicted molar refractivity (Wildman–Crippen MR) is 103 cm³/mol. The third-order valence-corrected chi connectivity index (χ3v) is 5.25. The Morgan fingerprint density at radius 2 is 1.92 bits per heavy atom. The maximum atomic E-state index is 10.5. The smallest absolute Gasteiger partial charge is 0.220 e. The van der Waals surface area contributed by atoms with Crippen LogP contribution in [0.1, 0.15) is 56.2 Å². The fraction of sp³-hybridized carbons (Fsp3) is 0.450. The third kappa shape index (κ3) is 3.49. The van der Waals surface area contributed by atoms with Crippen molar-refractivity contribution in [3.05, 3.63) is 40.0 Å². The van der Waals surface area contributed by atoms with Crippen molar-refractivity contribution in [2.75, 3.05) is 5.32 Å². The van der Waals surface area contributed by atoms with Crippen molar-refractivity contribution in [3.63, 3.8) is 0 Å². The lowest BCUT2D eigenvalue weighted by Crippen LogP contribution is -2.22. The molecule has 1 fully saturated rings. The maximum absolute atomic E-state index is 10.5. The molecule has 0 spiro atoms. The maximum Gasteiger partial charge on any atom is 0.220 e. The van der Waals surface area contributed by atoms with Crippen LogP contribution in [0.15, 0.2) is 28.4 Å². The van der Waals surface area contributed by atoms with Crippen LogP contribution in [0.5, 0.6) is 5.88 Å². The Labute approximate surface area is 153 Å². The van der Waals surface area contributed by atoms with E-state index in [0.717, 1.165) is 22.1 Å². The highest BCUT2D eigenvalue weighted by Gasteiger charge is 2.17. The van der Waals surface area contributed by atoms with Gasteiger partial charge in [-0.2, -0.15) is 10.2 Å². The van der Waals surface area contributed by atoms with Gasteiger partial charge in [-0.15, -0.1) is 0 Å². The lowest BCUT2D eigenvalue weighted by atomic mass is 9.97. The zero-order chi connectivity index (χ0) is 17.9. The summed E-state index contributed by atoms with van der Waals surface area (Å²) in [4.78, 5) is 4.64. The molecule has 0 atom stereocenters. The Morgan fingerprint density at radius 1 is 1.15 bits per heavy atom. The molecule has 0 bridgehead atoms. The van der Waals surface area contributed by atoms with Crippen molar-refractivity contribution < 1.29 is 5.11 Å². The number of nitrogens with zero attached hydrogens (tertiary/aromatic N) is 4. The molecule has 136 valence electrons. The molecule has 1 aromatic carbocycles. The lowest BCUT2D eigenvalue weighted by Gasteiger charge is -2.21. The molecule has 2 aromatic rings. The molecule has 0 amide bonds. The fourth-order valence-electron chi connectivity index (χ4n) is 3.69.